The van der Waals surface area contributed by atoms with E-state index in [1.165, 1.54) is 6.20 Å². The maximum atomic E-state index is 12.7. The van der Waals surface area contributed by atoms with E-state index < -0.39 is 0 Å². The van der Waals surface area contributed by atoms with Crippen molar-refractivity contribution in [2.45, 2.75) is 18.9 Å². The van der Waals surface area contributed by atoms with Gasteiger partial charge >= 0.3 is 0 Å². The van der Waals surface area contributed by atoms with Crippen molar-refractivity contribution < 1.29 is 9.32 Å². The number of rotatable bonds is 2. The van der Waals surface area contributed by atoms with E-state index in [0.717, 1.165) is 12.8 Å². The van der Waals surface area contributed by atoms with Crippen LogP contribution in [0.2, 0.25) is 0 Å². The molecule has 0 radical (unpaired) electrons. The van der Waals surface area contributed by atoms with Crippen LogP contribution in [0.4, 0.5) is 0 Å². The largest absolute Gasteiger partial charge is 0.351 e. The molecule has 1 fully saturated rings. The molecule has 1 aliphatic rings. The summed E-state index contributed by atoms with van der Waals surface area (Å²) >= 11 is 0. The normalized spacial score (nSPS) is 18.0. The summed E-state index contributed by atoms with van der Waals surface area (Å²) in [6, 6.07) is 8.75. The van der Waals surface area contributed by atoms with Gasteiger partial charge in [0.1, 0.15) is 0 Å². The first-order valence-corrected chi connectivity index (χ1v) is 7.90. The van der Waals surface area contributed by atoms with Crippen LogP contribution < -0.4 is 5.56 Å². The van der Waals surface area contributed by atoms with Gasteiger partial charge in [0.25, 0.3) is 11.5 Å². The lowest BCUT2D eigenvalue weighted by molar-refractivity contribution is 0.0635. The highest BCUT2D eigenvalue weighted by molar-refractivity contribution is 5.91. The quantitative estimate of drug-likeness (QED) is 0.719. The highest BCUT2D eigenvalue weighted by atomic mass is 16.5. The molecular weight excluding hydrogens is 308 g/mol. The highest BCUT2D eigenvalue weighted by Crippen LogP contribution is 2.22. The lowest BCUT2D eigenvalue weighted by atomic mass is 10.0. The minimum atomic E-state index is -0.195. The van der Waals surface area contributed by atoms with Gasteiger partial charge in [0.15, 0.2) is 0 Å². The monoisotopic (exact) mass is 324 g/mol. The number of carbonyl (C=O) groups excluding carboxylic acids is 1. The summed E-state index contributed by atoms with van der Waals surface area (Å²) in [5, 5.41) is 4.17. The van der Waals surface area contributed by atoms with E-state index in [1.54, 1.807) is 27.9 Å². The molecule has 1 aliphatic heterocycles. The number of hydrogen-bond acceptors (Lipinski definition) is 5. The molecule has 0 bridgehead atoms. The number of carbonyl (C=O) groups is 1. The van der Waals surface area contributed by atoms with Gasteiger partial charge in [-0.05, 0) is 25.0 Å². The Labute approximate surface area is 137 Å². The topological polar surface area (TPSA) is 81.2 Å². The van der Waals surface area contributed by atoms with E-state index in [-0.39, 0.29) is 23.3 Å². The minimum absolute atomic E-state index is 0.0698. The van der Waals surface area contributed by atoms with Crippen LogP contribution in [0.3, 0.4) is 0 Å². The Morgan fingerprint density at radius 3 is 2.96 bits per heavy atom. The Morgan fingerprint density at radius 2 is 2.12 bits per heavy atom. The minimum Gasteiger partial charge on any atom is -0.351 e. The number of para-hydroxylation sites is 1. The number of nitrogens with zero attached hydrogens (tertiary/aromatic N) is 4. The van der Waals surface area contributed by atoms with Crippen molar-refractivity contribution >= 4 is 16.8 Å². The van der Waals surface area contributed by atoms with Crippen molar-refractivity contribution in [1.29, 1.82) is 0 Å². The number of amides is 1. The lowest BCUT2D eigenvalue weighted by Crippen LogP contribution is -2.42. The highest BCUT2D eigenvalue weighted by Gasteiger charge is 2.28. The van der Waals surface area contributed by atoms with Crippen molar-refractivity contribution in [2.24, 2.45) is 0 Å². The first-order chi connectivity index (χ1) is 11.7. The SMILES string of the molecule is O=C(c1ccno1)N1CCC[C@@H](n2cnc3ccccc3c2=O)C1. The maximum absolute atomic E-state index is 12.7. The van der Waals surface area contributed by atoms with E-state index in [4.69, 9.17) is 4.52 Å². The fraction of sp³-hybridized carbons (Fsp3) is 0.294. The summed E-state index contributed by atoms with van der Waals surface area (Å²) in [6.45, 7) is 1.10. The van der Waals surface area contributed by atoms with Crippen LogP contribution in [0, 0.1) is 0 Å². The third-order valence-electron chi connectivity index (χ3n) is 4.42. The Kier molecular flexibility index (Phi) is 3.60. The zero-order chi connectivity index (χ0) is 16.5. The van der Waals surface area contributed by atoms with Crippen LogP contribution in [0.5, 0.6) is 0 Å². The van der Waals surface area contributed by atoms with Crippen molar-refractivity contribution in [2.75, 3.05) is 13.1 Å². The Bertz CT molecular complexity index is 932. The summed E-state index contributed by atoms with van der Waals surface area (Å²) < 4.78 is 6.59. The van der Waals surface area contributed by atoms with Crippen LogP contribution in [-0.4, -0.2) is 38.6 Å². The van der Waals surface area contributed by atoms with Gasteiger partial charge in [-0.3, -0.25) is 14.2 Å². The summed E-state index contributed by atoms with van der Waals surface area (Å²) in [4.78, 5) is 31.2. The maximum Gasteiger partial charge on any atom is 0.292 e. The van der Waals surface area contributed by atoms with Crippen molar-refractivity contribution in [3.05, 3.63) is 59.0 Å². The van der Waals surface area contributed by atoms with E-state index in [2.05, 4.69) is 10.1 Å². The molecule has 1 aromatic carbocycles. The van der Waals surface area contributed by atoms with Crippen molar-refractivity contribution in [3.63, 3.8) is 0 Å². The van der Waals surface area contributed by atoms with Crippen LogP contribution in [0.1, 0.15) is 29.4 Å². The average molecular weight is 324 g/mol. The molecule has 1 saturated heterocycles. The Balaban J connectivity index is 1.64. The molecule has 2 aromatic heterocycles. The summed E-state index contributed by atoms with van der Waals surface area (Å²) in [7, 11) is 0. The van der Waals surface area contributed by atoms with Crippen LogP contribution in [-0.2, 0) is 0 Å². The zero-order valence-corrected chi connectivity index (χ0v) is 13.0. The smallest absolute Gasteiger partial charge is 0.292 e. The van der Waals surface area contributed by atoms with Gasteiger partial charge in [0.05, 0.1) is 29.5 Å². The molecule has 1 atom stereocenters. The van der Waals surface area contributed by atoms with Crippen molar-refractivity contribution in [1.82, 2.24) is 19.6 Å². The molecule has 0 N–H and O–H groups in total. The van der Waals surface area contributed by atoms with E-state index in [9.17, 15) is 9.59 Å². The number of hydrogen-bond donors (Lipinski definition) is 0. The van der Waals surface area contributed by atoms with E-state index >= 15 is 0 Å². The van der Waals surface area contributed by atoms with Crippen LogP contribution >= 0.6 is 0 Å². The number of fused-ring (bicyclic) bond motifs is 1. The molecule has 7 nitrogen and oxygen atoms in total. The number of benzene rings is 1. The molecule has 0 spiro atoms. The van der Waals surface area contributed by atoms with Gasteiger partial charge in [0.2, 0.25) is 5.76 Å². The molecule has 4 rings (SSSR count). The molecular formula is C17H16N4O3. The van der Waals surface area contributed by atoms with Gasteiger partial charge in [-0.25, -0.2) is 4.98 Å². The average Bonchev–Trinajstić information content (AvgIpc) is 3.16. The van der Waals surface area contributed by atoms with Gasteiger partial charge < -0.3 is 9.42 Å². The third-order valence-corrected chi connectivity index (χ3v) is 4.42. The van der Waals surface area contributed by atoms with Crippen LogP contribution in [0.15, 0.2) is 52.2 Å². The molecule has 24 heavy (non-hydrogen) atoms. The summed E-state index contributed by atoms with van der Waals surface area (Å²) in [5.74, 6) is 0.0265. The van der Waals surface area contributed by atoms with Gasteiger partial charge in [0, 0.05) is 19.2 Å². The Morgan fingerprint density at radius 1 is 1.25 bits per heavy atom. The van der Waals surface area contributed by atoms with Crippen LogP contribution in [0.25, 0.3) is 10.9 Å². The summed E-state index contributed by atoms with van der Waals surface area (Å²) in [5.41, 5.74) is 0.615. The number of piperidine rings is 1. The fourth-order valence-electron chi connectivity index (χ4n) is 3.19. The number of likely N-dealkylation sites (tertiary alicyclic amines) is 1. The molecule has 0 saturated carbocycles. The summed E-state index contributed by atoms with van der Waals surface area (Å²) in [6.07, 6.45) is 4.69. The predicted octanol–water partition coefficient (Wildman–Crippen LogP) is 1.86. The molecule has 3 aromatic rings. The van der Waals surface area contributed by atoms with Gasteiger partial charge in [-0.2, -0.15) is 0 Å². The van der Waals surface area contributed by atoms with Gasteiger partial charge in [-0.15, -0.1) is 0 Å². The number of aromatic nitrogens is 3. The second kappa shape index (κ2) is 5.92. The first kappa shape index (κ1) is 14.6. The molecule has 3 heterocycles. The van der Waals surface area contributed by atoms with Gasteiger partial charge in [-0.1, -0.05) is 17.3 Å². The third kappa shape index (κ3) is 2.47. The molecule has 122 valence electrons. The van der Waals surface area contributed by atoms with E-state index in [1.807, 2.05) is 18.2 Å². The second-order valence-electron chi connectivity index (χ2n) is 5.90. The van der Waals surface area contributed by atoms with Crippen molar-refractivity contribution in [3.8, 4) is 0 Å². The molecule has 0 aliphatic carbocycles. The zero-order valence-electron chi connectivity index (χ0n) is 13.0. The van der Waals surface area contributed by atoms with E-state index in [0.29, 0.717) is 24.0 Å². The second-order valence-corrected chi connectivity index (χ2v) is 5.90. The standard InChI is InChI=1S/C17H16N4O3/c22-16-13-5-1-2-6-14(13)18-11-21(16)12-4-3-9-20(10-12)17(23)15-7-8-19-24-15/h1-2,5-8,11-12H,3-4,9-10H2/t12-/m1/s1. The Hall–Kier alpha value is -2.96. The fourth-order valence-corrected chi connectivity index (χ4v) is 3.19. The lowest BCUT2D eigenvalue weighted by Gasteiger charge is -2.33. The predicted molar refractivity (Wildman–Crippen MR) is 86.7 cm³/mol. The first-order valence-electron chi connectivity index (χ1n) is 7.90. The molecule has 7 heteroatoms. The molecule has 0 unspecified atom stereocenters. The molecule has 1 amide bonds.